The average molecular weight is 376 g/mol. The first-order chi connectivity index (χ1) is 12.0. The Bertz CT molecular complexity index is 881. The number of thioether (sulfide) groups is 1. The number of carbonyl (C=O) groups excluding carboxylic acids is 2. The second-order valence-corrected chi connectivity index (χ2v) is 6.48. The molecule has 0 unspecified atom stereocenters. The molecule has 0 radical (unpaired) electrons. The molecule has 3 rings (SSSR count). The smallest absolute Gasteiger partial charge is 0.298 e. The number of carbonyl (C=O) groups is 2. The first kappa shape index (κ1) is 17.4. The van der Waals surface area contributed by atoms with Crippen LogP contribution in [0.1, 0.15) is 5.56 Å². The van der Waals surface area contributed by atoms with Crippen molar-refractivity contribution in [1.82, 2.24) is 0 Å². The van der Waals surface area contributed by atoms with Gasteiger partial charge in [0, 0.05) is 11.6 Å². The highest BCUT2D eigenvalue weighted by atomic mass is 35.5. The van der Waals surface area contributed by atoms with E-state index in [9.17, 15) is 9.59 Å². The first-order valence-corrected chi connectivity index (χ1v) is 8.49. The molecule has 1 aliphatic rings. The lowest BCUT2D eigenvalue weighted by atomic mass is 10.1. The quantitative estimate of drug-likeness (QED) is 0.731. The number of anilines is 1. The second-order valence-electron chi connectivity index (χ2n) is 5.08. The van der Waals surface area contributed by atoms with Gasteiger partial charge in [0.15, 0.2) is 0 Å². The fourth-order valence-electron chi connectivity index (χ4n) is 2.39. The molecule has 1 heterocycles. The standard InChI is InChI=1S/C18H14ClNO4S/c1-23-12-8-7-11(15(10-12)24-2)9-16-17(21)20(18(22)25-16)14-6-4-3-5-13(14)19/h3-10H,1-2H3/b16-9-. The summed E-state index contributed by atoms with van der Waals surface area (Å²) in [7, 11) is 3.09. The fraction of sp³-hybridized carbons (Fsp3) is 0.111. The number of hydrogen-bond donors (Lipinski definition) is 0. The maximum Gasteiger partial charge on any atom is 0.298 e. The van der Waals surface area contributed by atoms with E-state index in [4.69, 9.17) is 21.1 Å². The largest absolute Gasteiger partial charge is 0.497 e. The maximum absolute atomic E-state index is 12.7. The zero-order valence-corrected chi connectivity index (χ0v) is 15.1. The Balaban J connectivity index is 1.97. The van der Waals surface area contributed by atoms with Crippen LogP contribution >= 0.6 is 23.4 Å². The average Bonchev–Trinajstić information content (AvgIpc) is 2.89. The third-order valence-electron chi connectivity index (χ3n) is 3.61. The van der Waals surface area contributed by atoms with E-state index >= 15 is 0 Å². The van der Waals surface area contributed by atoms with E-state index < -0.39 is 11.1 Å². The maximum atomic E-state index is 12.7. The van der Waals surface area contributed by atoms with Crippen molar-refractivity contribution < 1.29 is 19.1 Å². The van der Waals surface area contributed by atoms with E-state index in [2.05, 4.69) is 0 Å². The minimum atomic E-state index is -0.416. The Hall–Kier alpha value is -2.44. The number of ether oxygens (including phenoxy) is 2. The molecule has 0 aliphatic carbocycles. The molecule has 1 fully saturated rings. The number of rotatable bonds is 4. The van der Waals surface area contributed by atoms with E-state index in [1.165, 1.54) is 7.11 Å². The zero-order chi connectivity index (χ0) is 18.0. The minimum absolute atomic E-state index is 0.299. The molecule has 0 atom stereocenters. The lowest BCUT2D eigenvalue weighted by Gasteiger charge is -2.13. The first-order valence-electron chi connectivity index (χ1n) is 7.29. The summed E-state index contributed by atoms with van der Waals surface area (Å²) in [5.74, 6) is 0.767. The highest BCUT2D eigenvalue weighted by Gasteiger charge is 2.37. The van der Waals surface area contributed by atoms with Gasteiger partial charge in [-0.15, -0.1) is 0 Å². The van der Waals surface area contributed by atoms with Gasteiger partial charge in [-0.2, -0.15) is 0 Å². The van der Waals surface area contributed by atoms with Crippen LogP contribution in [-0.2, 0) is 4.79 Å². The highest BCUT2D eigenvalue weighted by Crippen LogP contribution is 2.39. The molecule has 2 aromatic carbocycles. The molecule has 0 aromatic heterocycles. The predicted molar refractivity (Wildman–Crippen MR) is 99.4 cm³/mol. The van der Waals surface area contributed by atoms with Crippen LogP contribution < -0.4 is 14.4 Å². The molecule has 2 aromatic rings. The number of halogens is 1. The molecular formula is C18H14ClNO4S. The van der Waals surface area contributed by atoms with Crippen LogP contribution in [-0.4, -0.2) is 25.4 Å². The molecule has 128 valence electrons. The number of hydrogen-bond acceptors (Lipinski definition) is 5. The Kier molecular flexibility index (Phi) is 5.01. The van der Waals surface area contributed by atoms with E-state index in [-0.39, 0.29) is 0 Å². The van der Waals surface area contributed by atoms with Gasteiger partial charge in [-0.3, -0.25) is 9.59 Å². The van der Waals surface area contributed by atoms with Crippen molar-refractivity contribution >= 4 is 46.3 Å². The van der Waals surface area contributed by atoms with E-state index in [0.717, 1.165) is 16.7 Å². The second kappa shape index (κ2) is 7.21. The van der Waals surface area contributed by atoms with Gasteiger partial charge in [0.2, 0.25) is 0 Å². The number of para-hydroxylation sites is 1. The fourth-order valence-corrected chi connectivity index (χ4v) is 3.43. The monoisotopic (exact) mass is 375 g/mol. The van der Waals surface area contributed by atoms with Crippen LogP contribution in [0.25, 0.3) is 6.08 Å². The molecule has 1 aliphatic heterocycles. The van der Waals surface area contributed by atoms with Crippen molar-refractivity contribution in [3.05, 3.63) is 58.0 Å². The summed E-state index contributed by atoms with van der Waals surface area (Å²) in [6, 6.07) is 12.0. The van der Waals surface area contributed by atoms with Crippen molar-refractivity contribution in [3.63, 3.8) is 0 Å². The van der Waals surface area contributed by atoms with Gasteiger partial charge in [-0.05, 0) is 42.1 Å². The van der Waals surface area contributed by atoms with Crippen molar-refractivity contribution in [2.45, 2.75) is 0 Å². The van der Waals surface area contributed by atoms with Gasteiger partial charge >= 0.3 is 0 Å². The van der Waals surface area contributed by atoms with E-state index in [1.807, 2.05) is 0 Å². The van der Waals surface area contributed by atoms with Gasteiger partial charge < -0.3 is 9.47 Å². The molecule has 0 N–H and O–H groups in total. The van der Waals surface area contributed by atoms with E-state index in [0.29, 0.717) is 32.7 Å². The number of methoxy groups -OCH3 is 2. The van der Waals surface area contributed by atoms with Gasteiger partial charge in [-0.1, -0.05) is 23.7 Å². The topological polar surface area (TPSA) is 55.8 Å². The summed E-state index contributed by atoms with van der Waals surface area (Å²) in [6.45, 7) is 0. The van der Waals surface area contributed by atoms with Gasteiger partial charge in [-0.25, -0.2) is 4.90 Å². The lowest BCUT2D eigenvalue weighted by molar-refractivity contribution is -0.113. The molecule has 0 bridgehead atoms. The van der Waals surface area contributed by atoms with Crippen molar-refractivity contribution in [3.8, 4) is 11.5 Å². The SMILES string of the molecule is COc1ccc(/C=C2\SC(=O)N(c3ccccc3Cl)C2=O)c(OC)c1. The molecule has 0 saturated carbocycles. The molecule has 2 amide bonds. The molecule has 25 heavy (non-hydrogen) atoms. The van der Waals surface area contributed by atoms with Crippen LogP contribution in [0.5, 0.6) is 11.5 Å². The Morgan fingerprint density at radius 2 is 1.84 bits per heavy atom. The molecule has 5 nitrogen and oxygen atoms in total. The highest BCUT2D eigenvalue weighted by molar-refractivity contribution is 8.19. The summed E-state index contributed by atoms with van der Waals surface area (Å²) in [4.78, 5) is 26.4. The van der Waals surface area contributed by atoms with Crippen molar-refractivity contribution in [2.75, 3.05) is 19.1 Å². The third-order valence-corrected chi connectivity index (χ3v) is 4.80. The Morgan fingerprint density at radius 3 is 2.52 bits per heavy atom. The zero-order valence-electron chi connectivity index (χ0n) is 13.5. The third kappa shape index (κ3) is 3.36. The number of nitrogens with zero attached hydrogens (tertiary/aromatic N) is 1. The van der Waals surface area contributed by atoms with Crippen LogP contribution in [0.15, 0.2) is 47.4 Å². The summed E-state index contributed by atoms with van der Waals surface area (Å²) < 4.78 is 10.5. The lowest BCUT2D eigenvalue weighted by Crippen LogP contribution is -2.27. The van der Waals surface area contributed by atoms with Gasteiger partial charge in [0.05, 0.1) is 29.8 Å². The summed E-state index contributed by atoms with van der Waals surface area (Å²) >= 11 is 6.98. The van der Waals surface area contributed by atoms with Crippen LogP contribution in [0.3, 0.4) is 0 Å². The molecule has 1 saturated heterocycles. The summed E-state index contributed by atoms with van der Waals surface area (Å²) in [6.07, 6.45) is 1.63. The van der Waals surface area contributed by atoms with Crippen LogP contribution in [0.4, 0.5) is 10.5 Å². The summed E-state index contributed by atoms with van der Waals surface area (Å²) in [5, 5.41) is -0.0510. The van der Waals surface area contributed by atoms with Crippen molar-refractivity contribution in [1.29, 1.82) is 0 Å². The number of benzene rings is 2. The summed E-state index contributed by atoms with van der Waals surface area (Å²) in [5.41, 5.74) is 1.05. The molecular weight excluding hydrogens is 362 g/mol. The molecule has 7 heteroatoms. The Morgan fingerprint density at radius 1 is 1.08 bits per heavy atom. The van der Waals surface area contributed by atoms with Crippen LogP contribution in [0, 0.1) is 0 Å². The predicted octanol–water partition coefficient (Wildman–Crippen LogP) is 4.60. The van der Waals surface area contributed by atoms with E-state index in [1.54, 1.807) is 55.7 Å². The number of imide groups is 1. The normalized spacial score (nSPS) is 15.8. The molecule has 0 spiro atoms. The number of amides is 2. The van der Waals surface area contributed by atoms with Crippen molar-refractivity contribution in [2.24, 2.45) is 0 Å². The minimum Gasteiger partial charge on any atom is -0.497 e. The van der Waals surface area contributed by atoms with Gasteiger partial charge in [0.1, 0.15) is 11.5 Å². The van der Waals surface area contributed by atoms with Gasteiger partial charge in [0.25, 0.3) is 11.1 Å². The Labute approximate surface area is 154 Å². The van der Waals surface area contributed by atoms with Crippen LogP contribution in [0.2, 0.25) is 5.02 Å².